The molecule has 1 unspecified atom stereocenters. The fourth-order valence-electron chi connectivity index (χ4n) is 1.69. The molecule has 2 aromatic heterocycles. The van der Waals surface area contributed by atoms with Crippen LogP contribution < -0.4 is 5.73 Å². The zero-order valence-corrected chi connectivity index (χ0v) is 10.6. The third kappa shape index (κ3) is 3.60. The number of pyridine rings is 1. The standard InChI is InChI=1S/C14H18N4/c1-2-12(15)7-11-9-17-14(18-10-11)8-13-5-3-4-6-16-13/h3-6,9-10,12H,2,7-8,15H2,1H3. The van der Waals surface area contributed by atoms with Crippen LogP contribution in [0.5, 0.6) is 0 Å². The molecular weight excluding hydrogens is 224 g/mol. The quantitative estimate of drug-likeness (QED) is 0.867. The van der Waals surface area contributed by atoms with Crippen molar-refractivity contribution in [1.82, 2.24) is 15.0 Å². The lowest BCUT2D eigenvalue weighted by Gasteiger charge is -2.08. The van der Waals surface area contributed by atoms with E-state index < -0.39 is 0 Å². The summed E-state index contributed by atoms with van der Waals surface area (Å²) < 4.78 is 0. The Balaban J connectivity index is 2.00. The molecule has 18 heavy (non-hydrogen) atoms. The molecule has 0 aliphatic rings. The molecule has 2 aromatic rings. The molecule has 0 aliphatic carbocycles. The normalized spacial score (nSPS) is 12.3. The van der Waals surface area contributed by atoms with E-state index in [0.717, 1.165) is 29.9 Å². The maximum absolute atomic E-state index is 5.90. The minimum Gasteiger partial charge on any atom is -0.327 e. The fraction of sp³-hybridized carbons (Fsp3) is 0.357. The van der Waals surface area contributed by atoms with E-state index in [2.05, 4.69) is 21.9 Å². The second-order valence-corrected chi connectivity index (χ2v) is 4.38. The molecule has 2 N–H and O–H groups in total. The molecule has 4 nitrogen and oxygen atoms in total. The summed E-state index contributed by atoms with van der Waals surface area (Å²) in [7, 11) is 0. The minimum atomic E-state index is 0.190. The van der Waals surface area contributed by atoms with E-state index in [0.29, 0.717) is 6.42 Å². The van der Waals surface area contributed by atoms with E-state index in [1.165, 1.54) is 0 Å². The topological polar surface area (TPSA) is 64.7 Å². The Labute approximate surface area is 107 Å². The molecule has 0 fully saturated rings. The average Bonchev–Trinajstić information content (AvgIpc) is 2.42. The van der Waals surface area contributed by atoms with Gasteiger partial charge in [-0.05, 0) is 30.5 Å². The summed E-state index contributed by atoms with van der Waals surface area (Å²) in [6.45, 7) is 2.08. The van der Waals surface area contributed by atoms with Crippen molar-refractivity contribution in [1.29, 1.82) is 0 Å². The number of nitrogens with two attached hydrogens (primary N) is 1. The van der Waals surface area contributed by atoms with Crippen LogP contribution in [0.1, 0.15) is 30.4 Å². The van der Waals surface area contributed by atoms with E-state index >= 15 is 0 Å². The highest BCUT2D eigenvalue weighted by atomic mass is 14.9. The van der Waals surface area contributed by atoms with Crippen molar-refractivity contribution in [3.8, 4) is 0 Å². The van der Waals surface area contributed by atoms with Gasteiger partial charge in [0.2, 0.25) is 0 Å². The fourth-order valence-corrected chi connectivity index (χ4v) is 1.69. The summed E-state index contributed by atoms with van der Waals surface area (Å²) in [6, 6.07) is 6.04. The van der Waals surface area contributed by atoms with Crippen molar-refractivity contribution >= 4 is 0 Å². The largest absolute Gasteiger partial charge is 0.327 e. The van der Waals surface area contributed by atoms with Gasteiger partial charge in [-0.2, -0.15) is 0 Å². The lowest BCUT2D eigenvalue weighted by Crippen LogP contribution is -2.21. The molecular formula is C14H18N4. The van der Waals surface area contributed by atoms with Gasteiger partial charge in [-0.15, -0.1) is 0 Å². The predicted octanol–water partition coefficient (Wildman–Crippen LogP) is 1.74. The minimum absolute atomic E-state index is 0.190. The molecule has 0 saturated carbocycles. The summed E-state index contributed by atoms with van der Waals surface area (Å²) in [4.78, 5) is 13.0. The van der Waals surface area contributed by atoms with Crippen molar-refractivity contribution in [3.05, 3.63) is 53.9 Å². The van der Waals surface area contributed by atoms with Gasteiger partial charge >= 0.3 is 0 Å². The van der Waals surface area contributed by atoms with Gasteiger partial charge in [0.1, 0.15) is 5.82 Å². The van der Waals surface area contributed by atoms with Crippen molar-refractivity contribution in [2.45, 2.75) is 32.2 Å². The van der Waals surface area contributed by atoms with Gasteiger partial charge in [0.25, 0.3) is 0 Å². The lowest BCUT2D eigenvalue weighted by atomic mass is 10.1. The Hall–Kier alpha value is -1.81. The molecule has 4 heteroatoms. The van der Waals surface area contributed by atoms with Crippen LogP contribution >= 0.6 is 0 Å². The van der Waals surface area contributed by atoms with Crippen LogP contribution in [-0.4, -0.2) is 21.0 Å². The average molecular weight is 242 g/mol. The summed E-state index contributed by atoms with van der Waals surface area (Å²) in [5.41, 5.74) is 7.97. The number of rotatable bonds is 5. The van der Waals surface area contributed by atoms with Crippen molar-refractivity contribution in [2.75, 3.05) is 0 Å². The van der Waals surface area contributed by atoms with E-state index in [-0.39, 0.29) is 6.04 Å². The maximum Gasteiger partial charge on any atom is 0.134 e. The first-order valence-electron chi connectivity index (χ1n) is 6.23. The number of nitrogens with zero attached hydrogens (tertiary/aromatic N) is 3. The number of aromatic nitrogens is 3. The molecule has 0 spiro atoms. The summed E-state index contributed by atoms with van der Waals surface area (Å²) in [6.07, 6.45) is 7.97. The molecule has 94 valence electrons. The van der Waals surface area contributed by atoms with Crippen molar-refractivity contribution < 1.29 is 0 Å². The summed E-state index contributed by atoms with van der Waals surface area (Å²) in [5.74, 6) is 0.794. The molecule has 0 amide bonds. The smallest absolute Gasteiger partial charge is 0.134 e. The van der Waals surface area contributed by atoms with Gasteiger partial charge in [-0.25, -0.2) is 9.97 Å². The molecule has 0 saturated heterocycles. The van der Waals surface area contributed by atoms with E-state index in [4.69, 9.17) is 5.73 Å². The molecule has 0 radical (unpaired) electrons. The van der Waals surface area contributed by atoms with Crippen LogP contribution in [0.15, 0.2) is 36.8 Å². The van der Waals surface area contributed by atoms with Gasteiger partial charge in [0, 0.05) is 36.7 Å². The van der Waals surface area contributed by atoms with Crippen molar-refractivity contribution in [3.63, 3.8) is 0 Å². The van der Waals surface area contributed by atoms with Crippen LogP contribution in [0.4, 0.5) is 0 Å². The first-order chi connectivity index (χ1) is 8.78. The SMILES string of the molecule is CCC(N)Cc1cnc(Cc2ccccn2)nc1. The van der Waals surface area contributed by atoms with Crippen LogP contribution in [-0.2, 0) is 12.8 Å². The second-order valence-electron chi connectivity index (χ2n) is 4.38. The summed E-state index contributed by atoms with van der Waals surface area (Å²) >= 11 is 0. The third-order valence-corrected chi connectivity index (χ3v) is 2.85. The van der Waals surface area contributed by atoms with Gasteiger partial charge < -0.3 is 5.73 Å². The third-order valence-electron chi connectivity index (χ3n) is 2.85. The molecule has 1 atom stereocenters. The zero-order chi connectivity index (χ0) is 12.8. The number of hydrogen-bond acceptors (Lipinski definition) is 4. The molecule has 2 heterocycles. The lowest BCUT2D eigenvalue weighted by molar-refractivity contribution is 0.642. The van der Waals surface area contributed by atoms with E-state index in [1.807, 2.05) is 30.6 Å². The zero-order valence-electron chi connectivity index (χ0n) is 10.6. The first kappa shape index (κ1) is 12.6. The number of hydrogen-bond donors (Lipinski definition) is 1. The monoisotopic (exact) mass is 242 g/mol. The van der Waals surface area contributed by atoms with Crippen LogP contribution in [0.2, 0.25) is 0 Å². The Morgan fingerprint density at radius 2 is 1.94 bits per heavy atom. The van der Waals surface area contributed by atoms with Crippen LogP contribution in [0, 0.1) is 0 Å². The van der Waals surface area contributed by atoms with Gasteiger partial charge in [0.15, 0.2) is 0 Å². The Morgan fingerprint density at radius 1 is 1.17 bits per heavy atom. The molecule has 0 aliphatic heterocycles. The van der Waals surface area contributed by atoms with Crippen LogP contribution in [0.25, 0.3) is 0 Å². The van der Waals surface area contributed by atoms with Gasteiger partial charge in [-0.1, -0.05) is 13.0 Å². The Kier molecular flexibility index (Phi) is 4.36. The second kappa shape index (κ2) is 6.21. The van der Waals surface area contributed by atoms with Crippen LogP contribution in [0.3, 0.4) is 0 Å². The highest BCUT2D eigenvalue weighted by molar-refractivity contribution is 5.12. The molecule has 0 aromatic carbocycles. The van der Waals surface area contributed by atoms with E-state index in [1.54, 1.807) is 6.20 Å². The summed E-state index contributed by atoms with van der Waals surface area (Å²) in [5, 5.41) is 0. The highest BCUT2D eigenvalue weighted by Gasteiger charge is 2.04. The highest BCUT2D eigenvalue weighted by Crippen LogP contribution is 2.05. The van der Waals surface area contributed by atoms with Crippen molar-refractivity contribution in [2.24, 2.45) is 5.73 Å². The Morgan fingerprint density at radius 3 is 2.56 bits per heavy atom. The van der Waals surface area contributed by atoms with E-state index in [9.17, 15) is 0 Å². The first-order valence-corrected chi connectivity index (χ1v) is 6.23. The Bertz CT molecular complexity index is 467. The van der Waals surface area contributed by atoms with Gasteiger partial charge in [-0.3, -0.25) is 4.98 Å². The molecule has 0 bridgehead atoms. The maximum atomic E-state index is 5.90. The predicted molar refractivity (Wildman–Crippen MR) is 71.0 cm³/mol. The van der Waals surface area contributed by atoms with Gasteiger partial charge in [0.05, 0.1) is 0 Å². The molecule has 2 rings (SSSR count).